The molecule has 6 heteroatoms. The van der Waals surface area contributed by atoms with Crippen molar-refractivity contribution < 1.29 is 9.47 Å². The van der Waals surface area contributed by atoms with Crippen LogP contribution in [-0.4, -0.2) is 56.5 Å². The van der Waals surface area contributed by atoms with Gasteiger partial charge in [-0.1, -0.05) is 12.1 Å². The molecular weight excluding hydrogens is 340 g/mol. The second kappa shape index (κ2) is 10.3. The van der Waals surface area contributed by atoms with E-state index in [1.807, 2.05) is 0 Å². The van der Waals surface area contributed by atoms with Crippen molar-refractivity contribution in [3.8, 4) is 0 Å². The second-order valence-electron chi connectivity index (χ2n) is 6.96. The summed E-state index contributed by atoms with van der Waals surface area (Å²) in [6.45, 7) is 8.74. The first kappa shape index (κ1) is 19.7. The summed E-state index contributed by atoms with van der Waals surface area (Å²) in [5.74, 6) is 0.842. The molecule has 0 saturated carbocycles. The van der Waals surface area contributed by atoms with Crippen molar-refractivity contribution in [1.29, 1.82) is 0 Å². The standard InChI is InChI=1S/C21H32N4O2/c1-3-22-21(24-11-13-26-15-18-7-5-12-27-18)23-10-9-17-14-25-19-8-4-6-16(2)20(17)19/h4,6,8,14,18,25H,3,5,7,9-13,15H2,1-2H3,(H2,22,23,24). The van der Waals surface area contributed by atoms with Gasteiger partial charge >= 0.3 is 0 Å². The Labute approximate surface area is 161 Å². The summed E-state index contributed by atoms with van der Waals surface area (Å²) in [7, 11) is 0. The van der Waals surface area contributed by atoms with Crippen LogP contribution in [0.5, 0.6) is 0 Å². The normalized spacial score (nSPS) is 17.6. The number of ether oxygens (including phenoxy) is 2. The molecule has 3 rings (SSSR count). The number of hydrogen-bond acceptors (Lipinski definition) is 3. The monoisotopic (exact) mass is 372 g/mol. The van der Waals surface area contributed by atoms with Crippen LogP contribution in [0.25, 0.3) is 10.9 Å². The number of aliphatic imine (C=N–C) groups is 1. The number of rotatable bonds is 9. The Bertz CT molecular complexity index is 735. The van der Waals surface area contributed by atoms with Gasteiger partial charge in [0.15, 0.2) is 5.96 Å². The predicted octanol–water partition coefficient (Wildman–Crippen LogP) is 2.77. The quantitative estimate of drug-likeness (QED) is 0.360. The van der Waals surface area contributed by atoms with Gasteiger partial charge in [0.05, 0.1) is 25.9 Å². The summed E-state index contributed by atoms with van der Waals surface area (Å²) in [6, 6.07) is 6.38. The molecule has 3 N–H and O–H groups in total. The zero-order chi connectivity index (χ0) is 18.9. The molecule has 27 heavy (non-hydrogen) atoms. The third-order valence-corrected chi connectivity index (χ3v) is 4.86. The first-order chi connectivity index (χ1) is 13.3. The molecule has 0 bridgehead atoms. The van der Waals surface area contributed by atoms with Crippen LogP contribution in [-0.2, 0) is 15.9 Å². The second-order valence-corrected chi connectivity index (χ2v) is 6.96. The van der Waals surface area contributed by atoms with Crippen molar-refractivity contribution in [2.24, 2.45) is 4.99 Å². The molecule has 1 saturated heterocycles. The zero-order valence-corrected chi connectivity index (χ0v) is 16.5. The van der Waals surface area contributed by atoms with Gasteiger partial charge in [0.2, 0.25) is 0 Å². The molecular formula is C21H32N4O2. The molecule has 2 heterocycles. The first-order valence-electron chi connectivity index (χ1n) is 10.0. The smallest absolute Gasteiger partial charge is 0.191 e. The molecule has 6 nitrogen and oxygen atoms in total. The SMILES string of the molecule is CCNC(=NCCOCC1CCCO1)NCCc1c[nH]c2cccc(C)c12. The van der Waals surface area contributed by atoms with Gasteiger partial charge in [0.25, 0.3) is 0 Å². The van der Waals surface area contributed by atoms with E-state index in [2.05, 4.69) is 58.9 Å². The lowest BCUT2D eigenvalue weighted by molar-refractivity contribution is 0.0200. The molecule has 1 atom stereocenters. The molecule has 0 radical (unpaired) electrons. The maximum absolute atomic E-state index is 5.68. The fourth-order valence-corrected chi connectivity index (χ4v) is 3.52. The third kappa shape index (κ3) is 5.71. The molecule has 1 unspecified atom stereocenters. The molecule has 1 aliphatic rings. The first-order valence-corrected chi connectivity index (χ1v) is 10.0. The number of H-pyrrole nitrogens is 1. The van der Waals surface area contributed by atoms with Gasteiger partial charge in [-0.15, -0.1) is 0 Å². The van der Waals surface area contributed by atoms with Crippen LogP contribution in [0.3, 0.4) is 0 Å². The molecule has 0 amide bonds. The number of nitrogens with zero attached hydrogens (tertiary/aromatic N) is 1. The number of nitrogens with one attached hydrogen (secondary N) is 3. The van der Waals surface area contributed by atoms with E-state index in [4.69, 9.17) is 9.47 Å². The number of benzene rings is 1. The highest BCUT2D eigenvalue weighted by atomic mass is 16.5. The Kier molecular flexibility index (Phi) is 7.54. The van der Waals surface area contributed by atoms with Crippen LogP contribution in [0.4, 0.5) is 0 Å². The Morgan fingerprint density at radius 3 is 3.11 bits per heavy atom. The van der Waals surface area contributed by atoms with E-state index in [1.165, 1.54) is 22.0 Å². The van der Waals surface area contributed by atoms with E-state index >= 15 is 0 Å². The van der Waals surface area contributed by atoms with E-state index in [1.54, 1.807) is 0 Å². The van der Waals surface area contributed by atoms with E-state index in [0.717, 1.165) is 44.9 Å². The fourth-order valence-electron chi connectivity index (χ4n) is 3.52. The van der Waals surface area contributed by atoms with Gasteiger partial charge in [-0.25, -0.2) is 0 Å². The van der Waals surface area contributed by atoms with E-state index in [-0.39, 0.29) is 6.10 Å². The molecule has 2 aromatic rings. The van der Waals surface area contributed by atoms with Crippen LogP contribution < -0.4 is 10.6 Å². The Balaban J connectivity index is 1.43. The predicted molar refractivity (Wildman–Crippen MR) is 111 cm³/mol. The number of aromatic amines is 1. The Morgan fingerprint density at radius 1 is 1.37 bits per heavy atom. The number of hydrogen-bond donors (Lipinski definition) is 3. The van der Waals surface area contributed by atoms with Crippen molar-refractivity contribution >= 4 is 16.9 Å². The minimum Gasteiger partial charge on any atom is -0.377 e. The lowest BCUT2D eigenvalue weighted by Crippen LogP contribution is -2.38. The van der Waals surface area contributed by atoms with Crippen LogP contribution in [0.2, 0.25) is 0 Å². The van der Waals surface area contributed by atoms with Crippen molar-refractivity contribution in [3.63, 3.8) is 0 Å². The molecule has 0 aliphatic carbocycles. The maximum Gasteiger partial charge on any atom is 0.191 e. The van der Waals surface area contributed by atoms with Crippen LogP contribution in [0.15, 0.2) is 29.4 Å². The van der Waals surface area contributed by atoms with E-state index < -0.39 is 0 Å². The molecule has 1 aromatic carbocycles. The average molecular weight is 373 g/mol. The van der Waals surface area contributed by atoms with Crippen LogP contribution >= 0.6 is 0 Å². The molecule has 0 spiro atoms. The van der Waals surface area contributed by atoms with Crippen LogP contribution in [0.1, 0.15) is 30.9 Å². The zero-order valence-electron chi connectivity index (χ0n) is 16.5. The van der Waals surface area contributed by atoms with Gasteiger partial charge in [0.1, 0.15) is 0 Å². The highest BCUT2D eigenvalue weighted by Crippen LogP contribution is 2.22. The van der Waals surface area contributed by atoms with E-state index in [9.17, 15) is 0 Å². The number of aromatic nitrogens is 1. The average Bonchev–Trinajstić information content (AvgIpc) is 3.32. The molecule has 1 aliphatic heterocycles. The molecule has 148 valence electrons. The number of aryl methyl sites for hydroxylation is 1. The number of fused-ring (bicyclic) bond motifs is 1. The Hall–Kier alpha value is -2.05. The lowest BCUT2D eigenvalue weighted by atomic mass is 10.1. The summed E-state index contributed by atoms with van der Waals surface area (Å²) in [5.41, 5.74) is 3.85. The van der Waals surface area contributed by atoms with Crippen molar-refractivity contribution in [3.05, 3.63) is 35.5 Å². The summed E-state index contributed by atoms with van der Waals surface area (Å²) in [6.07, 6.45) is 5.60. The lowest BCUT2D eigenvalue weighted by Gasteiger charge is -2.12. The highest BCUT2D eigenvalue weighted by molar-refractivity contribution is 5.86. The van der Waals surface area contributed by atoms with Crippen LogP contribution in [0, 0.1) is 6.92 Å². The minimum absolute atomic E-state index is 0.278. The molecule has 1 aromatic heterocycles. The van der Waals surface area contributed by atoms with Crippen molar-refractivity contribution in [2.45, 2.75) is 39.2 Å². The van der Waals surface area contributed by atoms with Gasteiger partial charge in [0, 0.05) is 36.8 Å². The van der Waals surface area contributed by atoms with Crippen molar-refractivity contribution in [1.82, 2.24) is 15.6 Å². The van der Waals surface area contributed by atoms with E-state index in [0.29, 0.717) is 19.8 Å². The Morgan fingerprint density at radius 2 is 2.30 bits per heavy atom. The maximum atomic E-state index is 5.68. The molecule has 1 fully saturated rings. The topological polar surface area (TPSA) is 70.7 Å². The third-order valence-electron chi connectivity index (χ3n) is 4.86. The summed E-state index contributed by atoms with van der Waals surface area (Å²) in [5, 5.41) is 8.05. The van der Waals surface area contributed by atoms with Crippen molar-refractivity contribution in [2.75, 3.05) is 39.5 Å². The minimum atomic E-state index is 0.278. The van der Waals surface area contributed by atoms with Gasteiger partial charge in [-0.05, 0) is 50.3 Å². The van der Waals surface area contributed by atoms with Gasteiger partial charge < -0.3 is 25.1 Å². The summed E-state index contributed by atoms with van der Waals surface area (Å²) < 4.78 is 11.2. The highest BCUT2D eigenvalue weighted by Gasteiger charge is 2.14. The van der Waals surface area contributed by atoms with Gasteiger partial charge in [-0.2, -0.15) is 0 Å². The largest absolute Gasteiger partial charge is 0.377 e. The van der Waals surface area contributed by atoms with Gasteiger partial charge in [-0.3, -0.25) is 4.99 Å². The summed E-state index contributed by atoms with van der Waals surface area (Å²) >= 11 is 0. The summed E-state index contributed by atoms with van der Waals surface area (Å²) in [4.78, 5) is 7.96. The fraction of sp³-hybridized carbons (Fsp3) is 0.571. The number of guanidine groups is 1.